The number of nitrogens with one attached hydrogen (secondary N) is 1. The van der Waals surface area contributed by atoms with Crippen LogP contribution < -0.4 is 0 Å². The van der Waals surface area contributed by atoms with E-state index in [1.54, 1.807) is 0 Å². The first-order valence-electron chi connectivity index (χ1n) is 4.34. The topological polar surface area (TPSA) is 65.4 Å². The highest BCUT2D eigenvalue weighted by molar-refractivity contribution is 9.10. The van der Waals surface area contributed by atoms with Gasteiger partial charge in [0.05, 0.1) is 12.5 Å². The van der Waals surface area contributed by atoms with Gasteiger partial charge in [-0.25, -0.2) is 4.98 Å². The second-order valence-electron chi connectivity index (χ2n) is 2.95. The normalized spacial score (nSPS) is 9.87. The van der Waals surface area contributed by atoms with Crippen LogP contribution in [0.15, 0.2) is 28.7 Å². The van der Waals surface area contributed by atoms with Gasteiger partial charge in [-0.2, -0.15) is 10.4 Å². The van der Waals surface area contributed by atoms with E-state index in [4.69, 9.17) is 5.26 Å². The van der Waals surface area contributed by atoms with E-state index in [0.29, 0.717) is 11.6 Å². The maximum Gasteiger partial charge on any atom is 0.181 e. The third-order valence-electron chi connectivity index (χ3n) is 1.86. The summed E-state index contributed by atoms with van der Waals surface area (Å²) in [5.41, 5.74) is 0.921. The number of nitrogens with zero attached hydrogens (tertiary/aromatic N) is 3. The predicted octanol–water partition coefficient (Wildman–Crippen LogP) is 2.30. The van der Waals surface area contributed by atoms with Gasteiger partial charge in [-0.05, 0) is 12.1 Å². The molecule has 0 saturated heterocycles. The summed E-state index contributed by atoms with van der Waals surface area (Å²) >= 11 is 3.38. The molecule has 0 amide bonds. The minimum atomic E-state index is 0.251. The minimum absolute atomic E-state index is 0.251. The van der Waals surface area contributed by atoms with E-state index in [1.165, 1.54) is 0 Å². The van der Waals surface area contributed by atoms with Gasteiger partial charge in [-0.1, -0.05) is 28.1 Å². The van der Waals surface area contributed by atoms with Gasteiger partial charge in [0, 0.05) is 10.0 Å². The third kappa shape index (κ3) is 2.22. The van der Waals surface area contributed by atoms with Crippen molar-refractivity contribution in [2.24, 2.45) is 0 Å². The fourth-order valence-electron chi connectivity index (χ4n) is 1.21. The lowest BCUT2D eigenvalue weighted by Crippen LogP contribution is -1.83. The Morgan fingerprint density at radius 1 is 1.47 bits per heavy atom. The predicted molar refractivity (Wildman–Crippen MR) is 58.8 cm³/mol. The average Bonchev–Trinajstić information content (AvgIpc) is 2.67. The van der Waals surface area contributed by atoms with E-state index in [9.17, 15) is 0 Å². The molecule has 0 spiro atoms. The van der Waals surface area contributed by atoms with Crippen molar-refractivity contribution in [3.05, 3.63) is 34.6 Å². The van der Waals surface area contributed by atoms with Crippen LogP contribution in [-0.4, -0.2) is 15.2 Å². The molecule has 0 fully saturated rings. The van der Waals surface area contributed by atoms with E-state index in [1.807, 2.05) is 30.3 Å². The molecule has 1 N–H and O–H groups in total. The lowest BCUT2D eigenvalue weighted by Gasteiger charge is -1.94. The molecule has 0 bridgehead atoms. The molecule has 1 aromatic heterocycles. The first kappa shape index (κ1) is 9.87. The van der Waals surface area contributed by atoms with Gasteiger partial charge < -0.3 is 0 Å². The second kappa shape index (κ2) is 4.24. The number of hydrogen-bond donors (Lipinski definition) is 1. The summed E-state index contributed by atoms with van der Waals surface area (Å²) in [5, 5.41) is 15.3. The molecular formula is C10H7BrN4. The van der Waals surface area contributed by atoms with E-state index >= 15 is 0 Å². The lowest BCUT2D eigenvalue weighted by molar-refractivity contribution is 0.996. The highest BCUT2D eigenvalue weighted by Gasteiger charge is 2.05. The number of aromatic nitrogens is 3. The van der Waals surface area contributed by atoms with Crippen LogP contribution in [0.5, 0.6) is 0 Å². The molecule has 0 radical (unpaired) electrons. The Morgan fingerprint density at radius 2 is 2.33 bits per heavy atom. The van der Waals surface area contributed by atoms with Crippen LogP contribution in [-0.2, 0) is 6.42 Å². The van der Waals surface area contributed by atoms with Crippen molar-refractivity contribution in [2.75, 3.05) is 0 Å². The molecule has 4 nitrogen and oxygen atoms in total. The lowest BCUT2D eigenvalue weighted by atomic mass is 10.2. The van der Waals surface area contributed by atoms with Crippen molar-refractivity contribution < 1.29 is 0 Å². The zero-order chi connectivity index (χ0) is 10.7. The molecule has 5 heteroatoms. The average molecular weight is 263 g/mol. The molecule has 0 aliphatic carbocycles. The number of aromatic amines is 1. The largest absolute Gasteiger partial charge is 0.262 e. The molecule has 2 rings (SSSR count). The monoisotopic (exact) mass is 262 g/mol. The first-order valence-corrected chi connectivity index (χ1v) is 5.13. The van der Waals surface area contributed by atoms with Crippen molar-refractivity contribution in [2.45, 2.75) is 6.42 Å². The number of H-pyrrole nitrogens is 1. The minimum Gasteiger partial charge on any atom is -0.262 e. The molecule has 0 unspecified atom stereocenters. The summed E-state index contributed by atoms with van der Waals surface area (Å²) < 4.78 is 0.978. The Kier molecular flexibility index (Phi) is 2.79. The van der Waals surface area contributed by atoms with Crippen LogP contribution in [0.3, 0.4) is 0 Å². The molecule has 0 atom stereocenters. The quantitative estimate of drug-likeness (QED) is 0.904. The van der Waals surface area contributed by atoms with Crippen LogP contribution in [0.1, 0.15) is 5.82 Å². The van der Waals surface area contributed by atoms with Crippen LogP contribution in [0.25, 0.3) is 11.4 Å². The molecule has 15 heavy (non-hydrogen) atoms. The Labute approximate surface area is 95.1 Å². The molecule has 0 aliphatic rings. The summed E-state index contributed by atoms with van der Waals surface area (Å²) in [6, 6.07) is 9.72. The van der Waals surface area contributed by atoms with Crippen molar-refractivity contribution in [3.63, 3.8) is 0 Å². The van der Waals surface area contributed by atoms with Crippen LogP contribution in [0.4, 0.5) is 0 Å². The Morgan fingerprint density at radius 3 is 3.07 bits per heavy atom. The van der Waals surface area contributed by atoms with Gasteiger partial charge in [0.15, 0.2) is 5.82 Å². The van der Waals surface area contributed by atoms with Gasteiger partial charge in [-0.15, -0.1) is 0 Å². The molecule has 1 heterocycles. The summed E-state index contributed by atoms with van der Waals surface area (Å²) in [6.07, 6.45) is 0.251. The zero-order valence-corrected chi connectivity index (χ0v) is 9.32. The van der Waals surface area contributed by atoms with E-state index in [-0.39, 0.29) is 6.42 Å². The molecule has 74 valence electrons. The van der Waals surface area contributed by atoms with Gasteiger partial charge in [-0.3, -0.25) is 5.10 Å². The number of nitriles is 1. The Hall–Kier alpha value is -1.67. The van der Waals surface area contributed by atoms with E-state index < -0.39 is 0 Å². The second-order valence-corrected chi connectivity index (χ2v) is 3.87. The van der Waals surface area contributed by atoms with Gasteiger partial charge in [0.25, 0.3) is 0 Å². The van der Waals surface area contributed by atoms with Gasteiger partial charge in [0.1, 0.15) is 5.82 Å². The summed E-state index contributed by atoms with van der Waals surface area (Å²) in [5.74, 6) is 1.20. The Balaban J connectivity index is 2.34. The summed E-state index contributed by atoms with van der Waals surface area (Å²) in [4.78, 5) is 4.20. The summed E-state index contributed by atoms with van der Waals surface area (Å²) in [7, 11) is 0. The SMILES string of the molecule is N#CCc1nc(-c2cccc(Br)c2)n[nH]1. The van der Waals surface area contributed by atoms with Crippen molar-refractivity contribution >= 4 is 15.9 Å². The smallest absolute Gasteiger partial charge is 0.181 e. The highest BCUT2D eigenvalue weighted by Crippen LogP contribution is 2.19. The van der Waals surface area contributed by atoms with Crippen LogP contribution in [0.2, 0.25) is 0 Å². The maximum absolute atomic E-state index is 8.50. The first-order chi connectivity index (χ1) is 7.29. The number of hydrogen-bond acceptors (Lipinski definition) is 3. The standard InChI is InChI=1S/C10H7BrN4/c11-8-3-1-2-7(6-8)10-13-9(4-5-12)14-15-10/h1-3,6H,4H2,(H,13,14,15). The van der Waals surface area contributed by atoms with E-state index in [0.717, 1.165) is 10.0 Å². The number of benzene rings is 1. The highest BCUT2D eigenvalue weighted by atomic mass is 79.9. The van der Waals surface area contributed by atoms with Crippen molar-refractivity contribution in [3.8, 4) is 17.5 Å². The number of rotatable bonds is 2. The molecule has 2 aromatic rings. The van der Waals surface area contributed by atoms with Crippen molar-refractivity contribution in [1.82, 2.24) is 15.2 Å². The fourth-order valence-corrected chi connectivity index (χ4v) is 1.61. The zero-order valence-electron chi connectivity index (χ0n) is 7.74. The number of halogens is 1. The van der Waals surface area contributed by atoms with Gasteiger partial charge >= 0.3 is 0 Å². The van der Waals surface area contributed by atoms with E-state index in [2.05, 4.69) is 31.1 Å². The van der Waals surface area contributed by atoms with Crippen LogP contribution in [0, 0.1) is 11.3 Å². The molecule has 0 aliphatic heterocycles. The Bertz CT molecular complexity index is 512. The molecule has 1 aromatic carbocycles. The van der Waals surface area contributed by atoms with Gasteiger partial charge in [0.2, 0.25) is 0 Å². The maximum atomic E-state index is 8.50. The summed E-state index contributed by atoms with van der Waals surface area (Å²) in [6.45, 7) is 0. The van der Waals surface area contributed by atoms with Crippen LogP contribution >= 0.6 is 15.9 Å². The van der Waals surface area contributed by atoms with Crippen molar-refractivity contribution in [1.29, 1.82) is 5.26 Å². The fraction of sp³-hybridized carbons (Fsp3) is 0.100. The third-order valence-corrected chi connectivity index (χ3v) is 2.35. The molecular weight excluding hydrogens is 256 g/mol. The molecule has 0 saturated carbocycles.